The van der Waals surface area contributed by atoms with E-state index in [0.717, 1.165) is 12.1 Å². The van der Waals surface area contributed by atoms with Crippen LogP contribution in [-0.2, 0) is 0 Å². The second kappa shape index (κ2) is 5.28. The second-order valence-corrected chi connectivity index (χ2v) is 5.23. The van der Waals surface area contributed by atoms with E-state index in [1.54, 1.807) is 0 Å². The van der Waals surface area contributed by atoms with Gasteiger partial charge in [0.05, 0.1) is 0 Å². The van der Waals surface area contributed by atoms with E-state index in [0.29, 0.717) is 0 Å². The van der Waals surface area contributed by atoms with Crippen LogP contribution in [0, 0.1) is 0 Å². The summed E-state index contributed by atoms with van der Waals surface area (Å²) >= 11 is 0. The summed E-state index contributed by atoms with van der Waals surface area (Å²) in [7, 11) is 2.22. The van der Waals surface area contributed by atoms with Gasteiger partial charge in [-0.1, -0.05) is 0 Å². The fourth-order valence-electron chi connectivity index (χ4n) is 2.39. The number of piperazine rings is 1. The van der Waals surface area contributed by atoms with Crippen LogP contribution in [0.1, 0.15) is 26.2 Å². The highest BCUT2D eigenvalue weighted by molar-refractivity contribution is 4.81. The summed E-state index contributed by atoms with van der Waals surface area (Å²) < 4.78 is 0. The van der Waals surface area contributed by atoms with E-state index < -0.39 is 0 Å². The molecule has 1 unspecified atom stereocenters. The van der Waals surface area contributed by atoms with E-state index in [1.807, 2.05) is 0 Å². The van der Waals surface area contributed by atoms with E-state index in [-0.39, 0.29) is 0 Å². The van der Waals surface area contributed by atoms with Gasteiger partial charge in [0, 0.05) is 31.7 Å². The third kappa shape index (κ3) is 3.74. The number of nitrogens with zero attached hydrogens (tertiary/aromatic N) is 2. The standard InChI is InChI=1S/C12H25N3/c1-11-10-14(2)8-9-15(11)7-3-6-13-12-4-5-12/h11-13H,3-10H2,1-2H3. The van der Waals surface area contributed by atoms with Gasteiger partial charge in [-0.15, -0.1) is 0 Å². The molecule has 1 saturated carbocycles. The Hall–Kier alpha value is -0.120. The van der Waals surface area contributed by atoms with Crippen molar-refractivity contribution in [3.05, 3.63) is 0 Å². The predicted octanol–water partition coefficient (Wildman–Crippen LogP) is 0.764. The number of likely N-dealkylation sites (N-methyl/N-ethyl adjacent to an activating group) is 1. The Morgan fingerprint density at radius 3 is 2.73 bits per heavy atom. The van der Waals surface area contributed by atoms with Gasteiger partial charge in [0.15, 0.2) is 0 Å². The highest BCUT2D eigenvalue weighted by atomic mass is 15.3. The van der Waals surface area contributed by atoms with Crippen LogP contribution < -0.4 is 5.32 Å². The minimum absolute atomic E-state index is 0.740. The molecule has 0 spiro atoms. The fourth-order valence-corrected chi connectivity index (χ4v) is 2.39. The molecule has 0 aromatic rings. The lowest BCUT2D eigenvalue weighted by molar-refractivity contribution is 0.0991. The van der Waals surface area contributed by atoms with Crippen molar-refractivity contribution < 1.29 is 0 Å². The molecule has 1 N–H and O–H groups in total. The molecule has 1 aliphatic carbocycles. The maximum atomic E-state index is 3.58. The lowest BCUT2D eigenvalue weighted by atomic mass is 10.2. The van der Waals surface area contributed by atoms with Crippen LogP contribution >= 0.6 is 0 Å². The first-order chi connectivity index (χ1) is 7.25. The summed E-state index contributed by atoms with van der Waals surface area (Å²) in [4.78, 5) is 5.07. The normalized spacial score (nSPS) is 29.6. The third-order valence-electron chi connectivity index (χ3n) is 3.60. The Balaban J connectivity index is 1.56. The van der Waals surface area contributed by atoms with Crippen molar-refractivity contribution >= 4 is 0 Å². The van der Waals surface area contributed by atoms with Crippen molar-refractivity contribution in [2.75, 3.05) is 39.8 Å². The topological polar surface area (TPSA) is 18.5 Å². The van der Waals surface area contributed by atoms with E-state index in [9.17, 15) is 0 Å². The van der Waals surface area contributed by atoms with Gasteiger partial charge in [-0.2, -0.15) is 0 Å². The molecular weight excluding hydrogens is 186 g/mol. The van der Waals surface area contributed by atoms with Gasteiger partial charge in [-0.05, 0) is 46.3 Å². The SMILES string of the molecule is CC1CN(C)CCN1CCCNC1CC1. The molecule has 1 aliphatic heterocycles. The maximum absolute atomic E-state index is 3.58. The van der Waals surface area contributed by atoms with Crippen LogP contribution in [0.4, 0.5) is 0 Å². The molecule has 2 rings (SSSR count). The van der Waals surface area contributed by atoms with E-state index in [2.05, 4.69) is 29.1 Å². The average Bonchev–Trinajstić information content (AvgIpc) is 2.99. The molecule has 3 nitrogen and oxygen atoms in total. The minimum Gasteiger partial charge on any atom is -0.314 e. The number of hydrogen-bond acceptors (Lipinski definition) is 3. The molecule has 0 amide bonds. The molecular formula is C12H25N3. The minimum atomic E-state index is 0.740. The van der Waals surface area contributed by atoms with Crippen molar-refractivity contribution in [3.63, 3.8) is 0 Å². The molecule has 2 aliphatic rings. The predicted molar refractivity (Wildman–Crippen MR) is 64.2 cm³/mol. The van der Waals surface area contributed by atoms with Crippen molar-refractivity contribution in [1.29, 1.82) is 0 Å². The van der Waals surface area contributed by atoms with Crippen LogP contribution in [-0.4, -0.2) is 61.7 Å². The monoisotopic (exact) mass is 211 g/mol. The Bertz CT molecular complexity index is 191. The highest BCUT2D eigenvalue weighted by Gasteiger charge is 2.22. The molecule has 1 atom stereocenters. The van der Waals surface area contributed by atoms with Gasteiger partial charge >= 0.3 is 0 Å². The summed E-state index contributed by atoms with van der Waals surface area (Å²) in [5.74, 6) is 0. The lowest BCUT2D eigenvalue weighted by Crippen LogP contribution is -2.50. The maximum Gasteiger partial charge on any atom is 0.0195 e. The van der Waals surface area contributed by atoms with Crippen molar-refractivity contribution in [2.45, 2.75) is 38.3 Å². The Morgan fingerprint density at radius 1 is 1.27 bits per heavy atom. The summed E-state index contributed by atoms with van der Waals surface area (Å²) in [5.41, 5.74) is 0. The molecule has 2 fully saturated rings. The van der Waals surface area contributed by atoms with E-state index >= 15 is 0 Å². The van der Waals surface area contributed by atoms with Crippen molar-refractivity contribution in [1.82, 2.24) is 15.1 Å². The lowest BCUT2D eigenvalue weighted by Gasteiger charge is -2.38. The molecule has 0 aromatic heterocycles. The molecule has 15 heavy (non-hydrogen) atoms. The Kier molecular flexibility index (Phi) is 4.00. The smallest absolute Gasteiger partial charge is 0.0195 e. The zero-order chi connectivity index (χ0) is 10.7. The first-order valence-electron chi connectivity index (χ1n) is 6.41. The van der Waals surface area contributed by atoms with Crippen LogP contribution in [0.2, 0.25) is 0 Å². The van der Waals surface area contributed by atoms with Gasteiger partial charge in [-0.25, -0.2) is 0 Å². The van der Waals surface area contributed by atoms with Gasteiger partial charge in [0.2, 0.25) is 0 Å². The fraction of sp³-hybridized carbons (Fsp3) is 1.00. The second-order valence-electron chi connectivity index (χ2n) is 5.23. The Labute approximate surface area is 93.8 Å². The van der Waals surface area contributed by atoms with Crippen LogP contribution in [0.25, 0.3) is 0 Å². The largest absolute Gasteiger partial charge is 0.314 e. The van der Waals surface area contributed by atoms with Gasteiger partial charge in [0.25, 0.3) is 0 Å². The number of rotatable bonds is 5. The van der Waals surface area contributed by atoms with Gasteiger partial charge < -0.3 is 10.2 Å². The zero-order valence-corrected chi connectivity index (χ0v) is 10.2. The quantitative estimate of drug-likeness (QED) is 0.678. The van der Waals surface area contributed by atoms with Crippen molar-refractivity contribution in [2.24, 2.45) is 0 Å². The van der Waals surface area contributed by atoms with Crippen LogP contribution in [0.3, 0.4) is 0 Å². The molecule has 1 saturated heterocycles. The van der Waals surface area contributed by atoms with Gasteiger partial charge in [-0.3, -0.25) is 4.90 Å². The first kappa shape index (κ1) is 11.4. The zero-order valence-electron chi connectivity index (χ0n) is 10.2. The number of hydrogen-bond donors (Lipinski definition) is 1. The molecule has 0 bridgehead atoms. The van der Waals surface area contributed by atoms with Gasteiger partial charge in [0.1, 0.15) is 0 Å². The molecule has 0 radical (unpaired) electrons. The summed E-state index contributed by atoms with van der Waals surface area (Å²) in [5, 5.41) is 3.58. The summed E-state index contributed by atoms with van der Waals surface area (Å²) in [6.45, 7) is 8.56. The summed E-state index contributed by atoms with van der Waals surface area (Å²) in [6.07, 6.45) is 4.13. The highest BCUT2D eigenvalue weighted by Crippen LogP contribution is 2.18. The number of nitrogens with one attached hydrogen (secondary N) is 1. The Morgan fingerprint density at radius 2 is 2.07 bits per heavy atom. The van der Waals surface area contributed by atoms with Crippen molar-refractivity contribution in [3.8, 4) is 0 Å². The van der Waals surface area contributed by atoms with E-state index in [1.165, 1.54) is 52.0 Å². The molecule has 1 heterocycles. The van der Waals surface area contributed by atoms with Crippen LogP contribution in [0.15, 0.2) is 0 Å². The first-order valence-corrected chi connectivity index (χ1v) is 6.41. The summed E-state index contributed by atoms with van der Waals surface area (Å²) in [6, 6.07) is 1.61. The third-order valence-corrected chi connectivity index (χ3v) is 3.60. The van der Waals surface area contributed by atoms with Crippen LogP contribution in [0.5, 0.6) is 0 Å². The molecule has 3 heteroatoms. The molecule has 88 valence electrons. The average molecular weight is 211 g/mol. The molecule has 0 aromatic carbocycles. The van der Waals surface area contributed by atoms with E-state index in [4.69, 9.17) is 0 Å².